The molecule has 0 aromatic heterocycles. The van der Waals surface area contributed by atoms with Gasteiger partial charge in [-0.25, -0.2) is 0 Å². The van der Waals surface area contributed by atoms with Crippen molar-refractivity contribution in [3.8, 4) is 18.2 Å². The highest BCUT2D eigenvalue weighted by molar-refractivity contribution is 5.81. The Labute approximate surface area is 117 Å². The molecule has 1 heterocycles. The van der Waals surface area contributed by atoms with E-state index >= 15 is 0 Å². The monoisotopic (exact) mass is 270 g/mol. The van der Waals surface area contributed by atoms with Crippen LogP contribution in [0, 0.1) is 45.3 Å². The van der Waals surface area contributed by atoms with Crippen molar-refractivity contribution in [1.82, 2.24) is 0 Å². The molecule has 6 heteroatoms. The number of rotatable bonds is 1. The molecule has 0 radical (unpaired) electrons. The zero-order valence-electron chi connectivity index (χ0n) is 11.1. The summed E-state index contributed by atoms with van der Waals surface area (Å²) in [5, 5.41) is 28.3. The van der Waals surface area contributed by atoms with Crippen LogP contribution in [0.5, 0.6) is 0 Å². The minimum absolute atomic E-state index is 0.147. The van der Waals surface area contributed by atoms with Crippen molar-refractivity contribution in [2.24, 2.45) is 17.1 Å². The molecule has 2 unspecified atom stereocenters. The van der Waals surface area contributed by atoms with Gasteiger partial charge >= 0.3 is 0 Å². The van der Waals surface area contributed by atoms with Crippen molar-refractivity contribution < 1.29 is 9.53 Å². The van der Waals surface area contributed by atoms with Crippen LogP contribution >= 0.6 is 0 Å². The van der Waals surface area contributed by atoms with Crippen molar-refractivity contribution >= 4 is 5.78 Å². The molecule has 1 spiro atoms. The topological polar surface area (TPSA) is 124 Å². The van der Waals surface area contributed by atoms with E-state index in [4.69, 9.17) is 10.5 Å². The standard InChI is InChI=1S/C14H14N4O2/c1-9(19)10-4-2-3-5-14(10)13(7-16,8-17)11(6-15)12(18)20-14/h10H,2-5,18H2,1H3. The third-order valence-corrected chi connectivity index (χ3v) is 4.34. The average Bonchev–Trinajstić information content (AvgIpc) is 2.67. The normalized spacial score (nSPS) is 31.0. The van der Waals surface area contributed by atoms with Gasteiger partial charge in [0.25, 0.3) is 0 Å². The molecule has 2 aliphatic rings. The van der Waals surface area contributed by atoms with Crippen molar-refractivity contribution in [3.63, 3.8) is 0 Å². The van der Waals surface area contributed by atoms with Crippen LogP contribution < -0.4 is 5.73 Å². The number of hydrogen-bond acceptors (Lipinski definition) is 6. The number of nitriles is 3. The Morgan fingerprint density at radius 1 is 1.35 bits per heavy atom. The summed E-state index contributed by atoms with van der Waals surface area (Å²) < 4.78 is 5.63. The molecule has 0 bridgehead atoms. The lowest BCUT2D eigenvalue weighted by Gasteiger charge is -2.44. The Balaban J connectivity index is 2.69. The Morgan fingerprint density at radius 2 is 2.00 bits per heavy atom. The molecule has 6 nitrogen and oxygen atoms in total. The Kier molecular flexibility index (Phi) is 3.16. The number of nitrogens with two attached hydrogens (primary N) is 1. The molecular weight excluding hydrogens is 256 g/mol. The van der Waals surface area contributed by atoms with E-state index in [2.05, 4.69) is 0 Å². The second kappa shape index (κ2) is 4.54. The molecule has 2 rings (SSSR count). The first kappa shape index (κ1) is 13.9. The van der Waals surface area contributed by atoms with Crippen molar-refractivity contribution in [3.05, 3.63) is 11.5 Å². The smallest absolute Gasteiger partial charge is 0.223 e. The van der Waals surface area contributed by atoms with Crippen molar-refractivity contribution in [2.75, 3.05) is 0 Å². The van der Waals surface area contributed by atoms with Gasteiger partial charge in [0.2, 0.25) is 11.3 Å². The predicted octanol–water partition coefficient (Wildman–Crippen LogP) is 1.26. The van der Waals surface area contributed by atoms with Crippen molar-refractivity contribution in [2.45, 2.75) is 38.2 Å². The van der Waals surface area contributed by atoms with E-state index in [-0.39, 0.29) is 17.2 Å². The van der Waals surface area contributed by atoms with E-state index in [0.717, 1.165) is 12.8 Å². The molecule has 102 valence electrons. The fraction of sp³-hybridized carbons (Fsp3) is 0.571. The zero-order valence-corrected chi connectivity index (χ0v) is 11.1. The maximum atomic E-state index is 11.9. The molecular formula is C14H14N4O2. The molecule has 1 aliphatic heterocycles. The predicted molar refractivity (Wildman–Crippen MR) is 66.9 cm³/mol. The number of ketones is 1. The third kappa shape index (κ3) is 1.44. The van der Waals surface area contributed by atoms with Crippen LogP contribution in [0.25, 0.3) is 0 Å². The molecule has 2 atom stereocenters. The summed E-state index contributed by atoms with van der Waals surface area (Å²) in [6, 6.07) is 5.62. The van der Waals surface area contributed by atoms with Gasteiger partial charge in [-0.3, -0.25) is 4.79 Å². The summed E-state index contributed by atoms with van der Waals surface area (Å²) in [4.78, 5) is 11.9. The Morgan fingerprint density at radius 3 is 2.50 bits per heavy atom. The molecule has 0 amide bonds. The molecule has 1 aliphatic carbocycles. The minimum Gasteiger partial charge on any atom is -0.468 e. The molecule has 1 fully saturated rings. The SMILES string of the molecule is CC(=O)C1CCCCC12OC(N)=C(C#N)C2(C#N)C#N. The summed E-state index contributed by atoms with van der Waals surface area (Å²) in [6.45, 7) is 1.42. The maximum absolute atomic E-state index is 11.9. The highest BCUT2D eigenvalue weighted by Crippen LogP contribution is 2.57. The van der Waals surface area contributed by atoms with Crippen molar-refractivity contribution in [1.29, 1.82) is 15.8 Å². The Hall–Kier alpha value is -2.52. The second-order valence-corrected chi connectivity index (χ2v) is 5.23. The minimum atomic E-state index is -1.80. The second-order valence-electron chi connectivity index (χ2n) is 5.23. The van der Waals surface area contributed by atoms with E-state index in [1.54, 1.807) is 0 Å². The number of carbonyl (C=O) groups is 1. The average molecular weight is 270 g/mol. The third-order valence-electron chi connectivity index (χ3n) is 4.34. The quantitative estimate of drug-likeness (QED) is 0.764. The van der Waals surface area contributed by atoms with Gasteiger partial charge in [-0.15, -0.1) is 0 Å². The number of hydrogen-bond donors (Lipinski definition) is 1. The fourth-order valence-corrected chi connectivity index (χ4v) is 3.43. The summed E-state index contributed by atoms with van der Waals surface area (Å²) in [6.07, 6.45) is 2.45. The fourth-order valence-electron chi connectivity index (χ4n) is 3.43. The van der Waals surface area contributed by atoms with Gasteiger partial charge < -0.3 is 10.5 Å². The molecule has 0 aromatic carbocycles. The van der Waals surface area contributed by atoms with Gasteiger partial charge in [-0.05, 0) is 26.2 Å². The Bertz CT molecular complexity index is 603. The molecule has 20 heavy (non-hydrogen) atoms. The van der Waals surface area contributed by atoms with E-state index in [1.807, 2.05) is 18.2 Å². The van der Waals surface area contributed by atoms with E-state index < -0.39 is 16.9 Å². The summed E-state index contributed by atoms with van der Waals surface area (Å²) in [7, 11) is 0. The van der Waals surface area contributed by atoms with E-state index in [1.165, 1.54) is 6.92 Å². The lowest BCUT2D eigenvalue weighted by atomic mass is 9.58. The van der Waals surface area contributed by atoms with Crippen LogP contribution in [-0.4, -0.2) is 11.4 Å². The van der Waals surface area contributed by atoms with E-state index in [0.29, 0.717) is 12.8 Å². The summed E-state index contributed by atoms with van der Waals surface area (Å²) >= 11 is 0. The summed E-state index contributed by atoms with van der Waals surface area (Å²) in [5.41, 5.74) is 2.41. The van der Waals surface area contributed by atoms with Crippen LogP contribution in [0.1, 0.15) is 32.6 Å². The number of Topliss-reactive ketones (excluding diaryl/α,β-unsaturated/α-hetero) is 1. The van der Waals surface area contributed by atoms with Gasteiger partial charge in [-0.1, -0.05) is 6.42 Å². The van der Waals surface area contributed by atoms with Crippen LogP contribution in [0.15, 0.2) is 11.5 Å². The lowest BCUT2D eigenvalue weighted by Crippen LogP contribution is -2.55. The maximum Gasteiger partial charge on any atom is 0.223 e. The number of carbonyl (C=O) groups excluding carboxylic acids is 1. The van der Waals surface area contributed by atoms with Gasteiger partial charge in [-0.2, -0.15) is 15.8 Å². The number of nitrogens with zero attached hydrogens (tertiary/aromatic N) is 3. The van der Waals surface area contributed by atoms with Crippen LogP contribution in [0.4, 0.5) is 0 Å². The zero-order chi connectivity index (χ0) is 15.0. The van der Waals surface area contributed by atoms with Gasteiger partial charge in [0.05, 0.1) is 18.1 Å². The highest BCUT2D eigenvalue weighted by atomic mass is 16.5. The number of ether oxygens (including phenoxy) is 1. The van der Waals surface area contributed by atoms with Crippen LogP contribution in [-0.2, 0) is 9.53 Å². The van der Waals surface area contributed by atoms with Crippen LogP contribution in [0.3, 0.4) is 0 Å². The first-order valence-corrected chi connectivity index (χ1v) is 6.41. The first-order valence-electron chi connectivity index (χ1n) is 6.41. The summed E-state index contributed by atoms with van der Waals surface area (Å²) in [5.74, 6) is -0.949. The largest absolute Gasteiger partial charge is 0.468 e. The van der Waals surface area contributed by atoms with Gasteiger partial charge in [0.15, 0.2) is 5.60 Å². The van der Waals surface area contributed by atoms with Crippen LogP contribution in [0.2, 0.25) is 0 Å². The highest BCUT2D eigenvalue weighted by Gasteiger charge is 2.68. The molecule has 2 N–H and O–H groups in total. The van der Waals surface area contributed by atoms with E-state index in [9.17, 15) is 20.6 Å². The van der Waals surface area contributed by atoms with Gasteiger partial charge in [0.1, 0.15) is 17.4 Å². The molecule has 0 saturated heterocycles. The first-order chi connectivity index (χ1) is 9.49. The van der Waals surface area contributed by atoms with Gasteiger partial charge in [0, 0.05) is 0 Å². The molecule has 0 aromatic rings. The molecule has 1 saturated carbocycles. The lowest BCUT2D eigenvalue weighted by molar-refractivity contribution is -0.141.